The molecule has 0 saturated heterocycles. The highest BCUT2D eigenvalue weighted by Crippen LogP contribution is 2.52. The monoisotopic (exact) mass is 322 g/mol. The summed E-state index contributed by atoms with van der Waals surface area (Å²) < 4.78 is 11.4. The average molecular weight is 322 g/mol. The van der Waals surface area contributed by atoms with Gasteiger partial charge in [0, 0.05) is 24.4 Å². The first-order valence-corrected chi connectivity index (χ1v) is 7.73. The Morgan fingerprint density at radius 3 is 2.79 bits per heavy atom. The van der Waals surface area contributed by atoms with Crippen molar-refractivity contribution >= 4 is 23.2 Å². The molecule has 0 aromatic heterocycles. The lowest BCUT2D eigenvalue weighted by molar-refractivity contribution is -0.121. The molecule has 3 aliphatic heterocycles. The molecule has 120 valence electrons. The van der Waals surface area contributed by atoms with Crippen LogP contribution in [0.4, 0.5) is 11.4 Å². The number of nitrogens with one attached hydrogen (secondary N) is 1. The molecule has 1 N–H and O–H groups in total. The largest absolute Gasteiger partial charge is 0.491 e. The van der Waals surface area contributed by atoms with Gasteiger partial charge in [0.25, 0.3) is 5.91 Å². The third kappa shape index (κ3) is 1.45. The van der Waals surface area contributed by atoms with Crippen LogP contribution in [0, 0.1) is 0 Å². The number of benzene rings is 2. The maximum absolute atomic E-state index is 12.8. The van der Waals surface area contributed by atoms with Crippen LogP contribution < -0.4 is 19.7 Å². The number of hydrogen-bond donors (Lipinski definition) is 1. The number of carbonyl (C=O) groups is 2. The van der Waals surface area contributed by atoms with E-state index >= 15 is 0 Å². The minimum atomic E-state index is -0.873. The summed E-state index contributed by atoms with van der Waals surface area (Å²) in [5.41, 5.74) is 2.26. The van der Waals surface area contributed by atoms with Crippen molar-refractivity contribution in [3.05, 3.63) is 47.5 Å². The number of rotatable bonds is 0. The van der Waals surface area contributed by atoms with Crippen LogP contribution in [0.15, 0.2) is 36.4 Å². The molecule has 3 heterocycles. The molecule has 1 unspecified atom stereocenters. The van der Waals surface area contributed by atoms with Crippen molar-refractivity contribution in [2.24, 2.45) is 0 Å². The van der Waals surface area contributed by atoms with Gasteiger partial charge in [0.15, 0.2) is 6.61 Å². The standard InChI is InChI=1S/C18H14N2O4/c1-20-13-6-11-14(7-15(13)23-8-16(20)21)24-9-18(11)10-4-2-3-5-12(10)19-17(18)22/h2-7H,8-9H2,1H3,(H,19,22). The fourth-order valence-electron chi connectivity index (χ4n) is 3.74. The van der Waals surface area contributed by atoms with Crippen molar-refractivity contribution in [2.45, 2.75) is 5.41 Å². The molecule has 2 aromatic carbocycles. The fraction of sp³-hybridized carbons (Fsp3) is 0.222. The van der Waals surface area contributed by atoms with Gasteiger partial charge in [0.05, 0.1) is 5.69 Å². The predicted molar refractivity (Wildman–Crippen MR) is 86.7 cm³/mol. The number of nitrogens with zero attached hydrogens (tertiary/aromatic N) is 1. The van der Waals surface area contributed by atoms with Gasteiger partial charge in [0.2, 0.25) is 5.91 Å². The molecule has 1 atom stereocenters. The summed E-state index contributed by atoms with van der Waals surface area (Å²) in [4.78, 5) is 26.3. The normalized spacial score (nSPS) is 23.3. The number of anilines is 2. The molecule has 0 bridgehead atoms. The Hall–Kier alpha value is -3.02. The van der Waals surface area contributed by atoms with Crippen LogP contribution >= 0.6 is 0 Å². The lowest BCUT2D eigenvalue weighted by atomic mass is 9.77. The molecule has 0 saturated carbocycles. The zero-order chi connectivity index (χ0) is 16.5. The average Bonchev–Trinajstić information content (AvgIpc) is 3.10. The highest BCUT2D eigenvalue weighted by atomic mass is 16.5. The third-order valence-corrected chi connectivity index (χ3v) is 5.07. The Balaban J connectivity index is 1.76. The van der Waals surface area contributed by atoms with Crippen molar-refractivity contribution in [2.75, 3.05) is 30.5 Å². The maximum atomic E-state index is 12.8. The van der Waals surface area contributed by atoms with Gasteiger partial charge in [-0.25, -0.2) is 0 Å². The van der Waals surface area contributed by atoms with E-state index in [0.717, 1.165) is 16.8 Å². The Labute approximate surface area is 138 Å². The number of amides is 2. The number of ether oxygens (including phenoxy) is 2. The second-order valence-corrected chi connectivity index (χ2v) is 6.25. The van der Waals surface area contributed by atoms with E-state index in [4.69, 9.17) is 9.47 Å². The summed E-state index contributed by atoms with van der Waals surface area (Å²) >= 11 is 0. The van der Waals surface area contributed by atoms with E-state index in [1.165, 1.54) is 0 Å². The van der Waals surface area contributed by atoms with Crippen molar-refractivity contribution in [3.63, 3.8) is 0 Å². The number of hydrogen-bond acceptors (Lipinski definition) is 4. The molecule has 0 radical (unpaired) electrons. The summed E-state index contributed by atoms with van der Waals surface area (Å²) in [6.45, 7) is 0.252. The van der Waals surface area contributed by atoms with Gasteiger partial charge in [-0.15, -0.1) is 0 Å². The van der Waals surface area contributed by atoms with E-state index in [2.05, 4.69) is 5.32 Å². The van der Waals surface area contributed by atoms with Crippen LogP contribution in [0.2, 0.25) is 0 Å². The number of para-hydroxylation sites is 1. The Bertz CT molecular complexity index is 923. The van der Waals surface area contributed by atoms with Crippen molar-refractivity contribution < 1.29 is 19.1 Å². The zero-order valence-corrected chi connectivity index (χ0v) is 13.0. The van der Waals surface area contributed by atoms with Crippen LogP contribution in [-0.2, 0) is 15.0 Å². The van der Waals surface area contributed by atoms with Gasteiger partial charge >= 0.3 is 0 Å². The first-order chi connectivity index (χ1) is 11.6. The minimum Gasteiger partial charge on any atom is -0.491 e. The highest BCUT2D eigenvalue weighted by Gasteiger charge is 2.54. The lowest BCUT2D eigenvalue weighted by Crippen LogP contribution is -2.38. The Morgan fingerprint density at radius 2 is 1.92 bits per heavy atom. The van der Waals surface area contributed by atoms with Gasteiger partial charge in [-0.05, 0) is 17.7 Å². The number of likely N-dealkylation sites (N-methyl/N-ethyl adjacent to an activating group) is 1. The summed E-state index contributed by atoms with van der Waals surface area (Å²) in [6, 6.07) is 11.2. The van der Waals surface area contributed by atoms with Crippen molar-refractivity contribution in [3.8, 4) is 11.5 Å². The Kier molecular flexibility index (Phi) is 2.40. The van der Waals surface area contributed by atoms with Gasteiger partial charge in [-0.1, -0.05) is 18.2 Å². The first kappa shape index (κ1) is 13.4. The van der Waals surface area contributed by atoms with Crippen LogP contribution in [0.3, 0.4) is 0 Å². The van der Waals surface area contributed by atoms with E-state index < -0.39 is 5.41 Å². The van der Waals surface area contributed by atoms with E-state index in [0.29, 0.717) is 17.2 Å². The molecule has 24 heavy (non-hydrogen) atoms. The summed E-state index contributed by atoms with van der Waals surface area (Å²) in [5.74, 6) is 1.00. The predicted octanol–water partition coefficient (Wildman–Crippen LogP) is 1.67. The molecule has 2 amide bonds. The number of fused-ring (bicyclic) bond motifs is 5. The van der Waals surface area contributed by atoms with Crippen LogP contribution in [0.1, 0.15) is 11.1 Å². The molecule has 6 heteroatoms. The van der Waals surface area contributed by atoms with Crippen molar-refractivity contribution in [1.82, 2.24) is 0 Å². The zero-order valence-electron chi connectivity index (χ0n) is 13.0. The van der Waals surface area contributed by atoms with Gasteiger partial charge in [-0.3, -0.25) is 9.59 Å². The number of carbonyl (C=O) groups excluding carboxylic acids is 2. The van der Waals surface area contributed by atoms with E-state index in [1.807, 2.05) is 30.3 Å². The first-order valence-electron chi connectivity index (χ1n) is 7.73. The summed E-state index contributed by atoms with van der Waals surface area (Å²) in [6.07, 6.45) is 0. The Morgan fingerprint density at radius 1 is 1.08 bits per heavy atom. The quantitative estimate of drug-likeness (QED) is 0.801. The van der Waals surface area contributed by atoms with E-state index in [1.54, 1.807) is 18.0 Å². The SMILES string of the molecule is CN1C(=O)COc2cc3c(cc21)C1(CO3)C(=O)Nc2ccccc21. The smallest absolute Gasteiger partial charge is 0.264 e. The second kappa shape index (κ2) is 4.29. The van der Waals surface area contributed by atoms with Crippen LogP contribution in [0.5, 0.6) is 11.5 Å². The van der Waals surface area contributed by atoms with Gasteiger partial charge in [0.1, 0.15) is 23.5 Å². The molecule has 5 rings (SSSR count). The van der Waals surface area contributed by atoms with Crippen molar-refractivity contribution in [1.29, 1.82) is 0 Å². The highest BCUT2D eigenvalue weighted by molar-refractivity contribution is 6.10. The molecule has 0 fully saturated rings. The van der Waals surface area contributed by atoms with Crippen LogP contribution in [-0.4, -0.2) is 32.1 Å². The molecule has 0 aliphatic carbocycles. The minimum absolute atomic E-state index is 0.0107. The van der Waals surface area contributed by atoms with E-state index in [9.17, 15) is 9.59 Å². The summed E-state index contributed by atoms with van der Waals surface area (Å²) in [7, 11) is 1.71. The molecular weight excluding hydrogens is 308 g/mol. The van der Waals surface area contributed by atoms with Gasteiger partial charge < -0.3 is 19.7 Å². The molecular formula is C18H14N2O4. The fourth-order valence-corrected chi connectivity index (χ4v) is 3.74. The third-order valence-electron chi connectivity index (χ3n) is 5.07. The van der Waals surface area contributed by atoms with E-state index in [-0.39, 0.29) is 25.0 Å². The molecule has 3 aliphatic rings. The molecule has 6 nitrogen and oxygen atoms in total. The van der Waals surface area contributed by atoms with Crippen LogP contribution in [0.25, 0.3) is 0 Å². The lowest BCUT2D eigenvalue weighted by Gasteiger charge is -2.28. The molecule has 2 aromatic rings. The van der Waals surface area contributed by atoms with Gasteiger partial charge in [-0.2, -0.15) is 0 Å². The second-order valence-electron chi connectivity index (χ2n) is 6.25. The molecule has 1 spiro atoms. The maximum Gasteiger partial charge on any atom is 0.264 e. The summed E-state index contributed by atoms with van der Waals surface area (Å²) in [5, 5.41) is 2.94. The topological polar surface area (TPSA) is 67.9 Å².